The second-order valence-electron chi connectivity index (χ2n) is 8.63. The zero-order chi connectivity index (χ0) is 18.8. The molecular weight excluding hydrogens is 304 g/mol. The summed E-state index contributed by atoms with van der Waals surface area (Å²) < 4.78 is 11.4. The van der Waals surface area contributed by atoms with Crippen molar-refractivity contribution in [1.29, 1.82) is 0 Å². The van der Waals surface area contributed by atoms with E-state index in [9.17, 15) is 10.2 Å². The van der Waals surface area contributed by atoms with Crippen LogP contribution in [0.5, 0.6) is 0 Å². The third-order valence-corrected chi connectivity index (χ3v) is 5.07. The van der Waals surface area contributed by atoms with Crippen molar-refractivity contribution >= 4 is 0 Å². The molecule has 0 amide bonds. The van der Waals surface area contributed by atoms with Gasteiger partial charge in [-0.05, 0) is 67.2 Å². The lowest BCUT2D eigenvalue weighted by atomic mass is 9.97. The fourth-order valence-electron chi connectivity index (χ4n) is 3.02. The van der Waals surface area contributed by atoms with E-state index in [-0.39, 0.29) is 23.4 Å². The van der Waals surface area contributed by atoms with Gasteiger partial charge in [0, 0.05) is 0 Å². The van der Waals surface area contributed by atoms with Gasteiger partial charge >= 0.3 is 0 Å². The molecule has 2 aliphatic rings. The first-order valence-electron chi connectivity index (χ1n) is 8.82. The maximum atomic E-state index is 9.69. The molecule has 0 aromatic rings. The summed E-state index contributed by atoms with van der Waals surface area (Å²) in [6.07, 6.45) is 7.24. The van der Waals surface area contributed by atoms with Gasteiger partial charge in [-0.2, -0.15) is 0 Å². The van der Waals surface area contributed by atoms with Crippen molar-refractivity contribution in [3.8, 4) is 0 Å². The lowest BCUT2D eigenvalue weighted by molar-refractivity contribution is -0.0997. The van der Waals surface area contributed by atoms with Crippen LogP contribution in [0.3, 0.4) is 0 Å². The zero-order valence-electron chi connectivity index (χ0n) is 16.3. The monoisotopic (exact) mass is 340 g/mol. The molecule has 0 aliphatic carbocycles. The minimum atomic E-state index is -0.735. The van der Waals surface area contributed by atoms with Crippen molar-refractivity contribution in [3.63, 3.8) is 0 Å². The van der Waals surface area contributed by atoms with Gasteiger partial charge in [0.25, 0.3) is 0 Å². The van der Waals surface area contributed by atoms with Gasteiger partial charge in [-0.15, -0.1) is 13.2 Å². The Balaban J connectivity index is 0.000000240. The molecule has 2 heterocycles. The van der Waals surface area contributed by atoms with E-state index in [1.807, 2.05) is 26.0 Å². The van der Waals surface area contributed by atoms with Crippen LogP contribution in [0.1, 0.15) is 67.2 Å². The van der Waals surface area contributed by atoms with Gasteiger partial charge in [-0.3, -0.25) is 0 Å². The Morgan fingerprint density at radius 2 is 1.12 bits per heavy atom. The highest BCUT2D eigenvalue weighted by molar-refractivity contribution is 5.02. The van der Waals surface area contributed by atoms with E-state index < -0.39 is 11.2 Å². The molecule has 24 heavy (non-hydrogen) atoms. The van der Waals surface area contributed by atoms with Gasteiger partial charge in [0.2, 0.25) is 0 Å². The Kier molecular flexibility index (Phi) is 6.48. The third kappa shape index (κ3) is 5.69. The van der Waals surface area contributed by atoms with Gasteiger partial charge in [0.1, 0.15) is 0 Å². The molecule has 4 heteroatoms. The molecule has 0 spiro atoms. The molecule has 0 unspecified atom stereocenters. The molecule has 0 aromatic heterocycles. The molecule has 0 saturated carbocycles. The summed E-state index contributed by atoms with van der Waals surface area (Å²) >= 11 is 0. The Labute approximate surface area is 147 Å². The highest BCUT2D eigenvalue weighted by atomic mass is 16.5. The van der Waals surface area contributed by atoms with Gasteiger partial charge in [-0.1, -0.05) is 12.2 Å². The van der Waals surface area contributed by atoms with Crippen molar-refractivity contribution in [3.05, 3.63) is 25.3 Å². The Morgan fingerprint density at radius 3 is 1.25 bits per heavy atom. The summed E-state index contributed by atoms with van der Waals surface area (Å²) in [6.45, 7) is 18.6. The van der Waals surface area contributed by atoms with Crippen LogP contribution in [-0.4, -0.2) is 44.8 Å². The van der Waals surface area contributed by atoms with Crippen LogP contribution >= 0.6 is 0 Å². The molecule has 140 valence electrons. The summed E-state index contributed by atoms with van der Waals surface area (Å²) in [4.78, 5) is 0. The molecule has 4 atom stereocenters. The zero-order valence-corrected chi connectivity index (χ0v) is 16.3. The SMILES string of the molecule is C=C[C@]1(C)CC[C@H](C(C)(C)O)O1.C=C[C@]1(C)CC[C@H](C(C)(C)O)O1. The van der Waals surface area contributed by atoms with Crippen LogP contribution in [0, 0.1) is 0 Å². The minimum absolute atomic E-state index is 0.0551. The average molecular weight is 341 g/mol. The van der Waals surface area contributed by atoms with Gasteiger partial charge in [0.05, 0.1) is 34.6 Å². The first-order valence-corrected chi connectivity index (χ1v) is 8.82. The van der Waals surface area contributed by atoms with E-state index in [2.05, 4.69) is 13.2 Å². The van der Waals surface area contributed by atoms with Crippen molar-refractivity contribution in [2.45, 2.75) is 102 Å². The van der Waals surface area contributed by atoms with Crippen molar-refractivity contribution in [1.82, 2.24) is 0 Å². The molecule has 0 bridgehead atoms. The lowest BCUT2D eigenvalue weighted by Crippen LogP contribution is -2.37. The predicted molar refractivity (Wildman–Crippen MR) is 98.0 cm³/mol. The number of hydrogen-bond acceptors (Lipinski definition) is 4. The summed E-state index contributed by atoms with van der Waals surface area (Å²) in [7, 11) is 0. The Bertz CT molecular complexity index is 404. The predicted octanol–water partition coefficient (Wildman–Crippen LogP) is 3.76. The summed E-state index contributed by atoms with van der Waals surface area (Å²) in [5.41, 5.74) is -1.93. The molecule has 2 aliphatic heterocycles. The molecule has 0 radical (unpaired) electrons. The van der Waals surface area contributed by atoms with Crippen LogP contribution < -0.4 is 0 Å². The molecule has 0 aromatic carbocycles. The first kappa shape index (κ1) is 21.4. The summed E-state index contributed by atoms with van der Waals surface area (Å²) in [5.74, 6) is 0. The third-order valence-electron chi connectivity index (χ3n) is 5.07. The van der Waals surface area contributed by atoms with E-state index in [0.717, 1.165) is 25.7 Å². The van der Waals surface area contributed by atoms with E-state index in [0.29, 0.717) is 0 Å². The first-order chi connectivity index (χ1) is 10.7. The van der Waals surface area contributed by atoms with Crippen molar-refractivity contribution in [2.24, 2.45) is 0 Å². The standard InChI is InChI=1S/2C10H18O2/c2*1-5-10(4)7-6-8(12-10)9(2,3)11/h2*5,8,11H,1,6-7H2,2-4H3/t2*8-,10-/m11/s1. The molecule has 4 nitrogen and oxygen atoms in total. The van der Waals surface area contributed by atoms with E-state index in [4.69, 9.17) is 9.47 Å². The van der Waals surface area contributed by atoms with Crippen molar-refractivity contribution in [2.75, 3.05) is 0 Å². The topological polar surface area (TPSA) is 58.9 Å². The normalized spacial score (nSPS) is 36.8. The number of hydrogen-bond donors (Lipinski definition) is 2. The van der Waals surface area contributed by atoms with Crippen LogP contribution in [0.25, 0.3) is 0 Å². The highest BCUT2D eigenvalue weighted by Crippen LogP contribution is 2.36. The molecular formula is C20H36O4. The van der Waals surface area contributed by atoms with E-state index in [1.54, 1.807) is 27.7 Å². The number of aliphatic hydroxyl groups is 2. The maximum absolute atomic E-state index is 9.69. The Hall–Kier alpha value is -0.680. The van der Waals surface area contributed by atoms with E-state index in [1.165, 1.54) is 0 Å². The van der Waals surface area contributed by atoms with E-state index >= 15 is 0 Å². The highest BCUT2D eigenvalue weighted by Gasteiger charge is 2.41. The van der Waals surface area contributed by atoms with Gasteiger partial charge in [-0.25, -0.2) is 0 Å². The second kappa shape index (κ2) is 7.28. The second-order valence-corrected chi connectivity index (χ2v) is 8.63. The van der Waals surface area contributed by atoms with Crippen LogP contribution in [0.2, 0.25) is 0 Å². The Morgan fingerprint density at radius 1 is 0.833 bits per heavy atom. The van der Waals surface area contributed by atoms with Crippen LogP contribution in [-0.2, 0) is 9.47 Å². The molecule has 2 saturated heterocycles. The van der Waals surface area contributed by atoms with Crippen LogP contribution in [0.4, 0.5) is 0 Å². The minimum Gasteiger partial charge on any atom is -0.388 e. The maximum Gasteiger partial charge on any atom is 0.0869 e. The average Bonchev–Trinajstić information content (AvgIpc) is 3.04. The molecule has 2 rings (SSSR count). The molecule has 2 N–H and O–H groups in total. The fraction of sp³-hybridized carbons (Fsp3) is 0.800. The smallest absolute Gasteiger partial charge is 0.0869 e. The largest absolute Gasteiger partial charge is 0.388 e. The van der Waals surface area contributed by atoms with Gasteiger partial charge < -0.3 is 19.7 Å². The fourth-order valence-corrected chi connectivity index (χ4v) is 3.02. The summed E-state index contributed by atoms with van der Waals surface area (Å²) in [5, 5.41) is 19.4. The number of ether oxygens (including phenoxy) is 2. The summed E-state index contributed by atoms with van der Waals surface area (Å²) in [6, 6.07) is 0. The quantitative estimate of drug-likeness (QED) is 0.765. The van der Waals surface area contributed by atoms with Crippen molar-refractivity contribution < 1.29 is 19.7 Å². The molecule has 2 fully saturated rings. The number of rotatable bonds is 4. The lowest BCUT2D eigenvalue weighted by Gasteiger charge is -2.28. The van der Waals surface area contributed by atoms with Gasteiger partial charge in [0.15, 0.2) is 0 Å². The van der Waals surface area contributed by atoms with Crippen LogP contribution in [0.15, 0.2) is 25.3 Å².